The van der Waals surface area contributed by atoms with Crippen molar-refractivity contribution in [1.82, 2.24) is 5.32 Å². The van der Waals surface area contributed by atoms with Crippen molar-refractivity contribution in [3.63, 3.8) is 0 Å². The number of likely N-dealkylation sites (N-methyl/N-ethyl adjacent to an activating group) is 1. The Morgan fingerprint density at radius 1 is 1.43 bits per heavy atom. The van der Waals surface area contributed by atoms with Crippen molar-refractivity contribution in [3.8, 4) is 5.75 Å². The molecule has 2 unspecified atom stereocenters. The van der Waals surface area contributed by atoms with Gasteiger partial charge in [-0.1, -0.05) is 19.1 Å². The van der Waals surface area contributed by atoms with Gasteiger partial charge in [-0.2, -0.15) is 0 Å². The number of carbonyl (C=O) groups excluding carboxylic acids is 1. The lowest BCUT2D eigenvalue weighted by molar-refractivity contribution is -0.151. The van der Waals surface area contributed by atoms with Crippen LogP contribution >= 0.6 is 0 Å². The van der Waals surface area contributed by atoms with Gasteiger partial charge in [-0.25, -0.2) is 0 Å². The third kappa shape index (κ3) is 3.56. The molecule has 0 bridgehead atoms. The molecule has 4 nitrogen and oxygen atoms in total. The second-order valence-electron chi connectivity index (χ2n) is 5.54. The van der Waals surface area contributed by atoms with Crippen LogP contribution in [0.4, 0.5) is 0 Å². The van der Waals surface area contributed by atoms with Gasteiger partial charge in [0.2, 0.25) is 0 Å². The van der Waals surface area contributed by atoms with Gasteiger partial charge < -0.3 is 14.8 Å². The van der Waals surface area contributed by atoms with E-state index < -0.39 is 5.54 Å². The summed E-state index contributed by atoms with van der Waals surface area (Å²) < 4.78 is 11.3. The molecule has 1 aromatic rings. The van der Waals surface area contributed by atoms with Crippen LogP contribution in [0.15, 0.2) is 24.3 Å². The van der Waals surface area contributed by atoms with Crippen molar-refractivity contribution in [1.29, 1.82) is 0 Å². The van der Waals surface area contributed by atoms with E-state index in [2.05, 4.69) is 24.4 Å². The summed E-state index contributed by atoms with van der Waals surface area (Å²) in [4.78, 5) is 12.2. The molecule has 1 N–H and O–H groups in total. The van der Waals surface area contributed by atoms with Gasteiger partial charge >= 0.3 is 5.97 Å². The summed E-state index contributed by atoms with van der Waals surface area (Å²) in [6.45, 7) is 4.37. The first-order valence-electron chi connectivity index (χ1n) is 7.75. The Morgan fingerprint density at radius 3 is 2.90 bits per heavy atom. The van der Waals surface area contributed by atoms with Crippen LogP contribution in [0.25, 0.3) is 0 Å². The highest BCUT2D eigenvalue weighted by Crippen LogP contribution is 2.33. The predicted octanol–water partition coefficient (Wildman–Crippen LogP) is 2.70. The maximum atomic E-state index is 12.2. The number of nitrogens with one attached hydrogen (secondary N) is 1. The number of benzene rings is 1. The molecular weight excluding hydrogens is 266 g/mol. The number of hydrogen-bond donors (Lipinski definition) is 1. The molecule has 0 amide bonds. The fraction of sp³-hybridized carbons (Fsp3) is 0.588. The zero-order valence-electron chi connectivity index (χ0n) is 13.1. The largest absolute Gasteiger partial charge is 0.490 e. The van der Waals surface area contributed by atoms with Gasteiger partial charge in [0.1, 0.15) is 17.4 Å². The van der Waals surface area contributed by atoms with E-state index in [0.717, 1.165) is 25.0 Å². The fourth-order valence-electron chi connectivity index (χ4n) is 2.92. The standard InChI is InChI=1S/C17H25NO3/c1-4-13-7-6-8-14(11-13)21-15-9-10-17(12-15,18-3)16(19)20-5-2/h6-8,11,15,18H,4-5,9-10,12H2,1-3H3. The monoisotopic (exact) mass is 291 g/mol. The molecule has 2 atom stereocenters. The van der Waals surface area contributed by atoms with Crippen LogP contribution in [0.5, 0.6) is 5.75 Å². The molecule has 0 heterocycles. The van der Waals surface area contributed by atoms with Crippen LogP contribution in [0, 0.1) is 0 Å². The number of carbonyl (C=O) groups is 1. The Morgan fingerprint density at radius 2 is 2.24 bits per heavy atom. The van der Waals surface area contributed by atoms with E-state index >= 15 is 0 Å². The molecule has 116 valence electrons. The second kappa shape index (κ2) is 6.94. The zero-order valence-corrected chi connectivity index (χ0v) is 13.1. The summed E-state index contributed by atoms with van der Waals surface area (Å²) in [5.41, 5.74) is 0.666. The number of rotatable bonds is 6. The average molecular weight is 291 g/mol. The molecule has 0 aromatic heterocycles. The molecule has 2 rings (SSSR count). The average Bonchev–Trinajstić information content (AvgIpc) is 2.92. The molecule has 21 heavy (non-hydrogen) atoms. The van der Waals surface area contributed by atoms with Crippen LogP contribution in [-0.2, 0) is 16.0 Å². The van der Waals surface area contributed by atoms with E-state index in [4.69, 9.17) is 9.47 Å². The molecular formula is C17H25NO3. The molecule has 0 saturated heterocycles. The van der Waals surface area contributed by atoms with E-state index in [1.807, 2.05) is 26.1 Å². The molecule has 0 aliphatic heterocycles. The summed E-state index contributed by atoms with van der Waals surface area (Å²) in [5.74, 6) is 0.719. The smallest absolute Gasteiger partial charge is 0.326 e. The molecule has 0 radical (unpaired) electrons. The van der Waals surface area contributed by atoms with E-state index in [0.29, 0.717) is 13.0 Å². The van der Waals surface area contributed by atoms with E-state index in [1.165, 1.54) is 5.56 Å². The summed E-state index contributed by atoms with van der Waals surface area (Å²) >= 11 is 0. The van der Waals surface area contributed by atoms with Crippen LogP contribution in [0.1, 0.15) is 38.7 Å². The fourth-order valence-corrected chi connectivity index (χ4v) is 2.92. The summed E-state index contributed by atoms with van der Waals surface area (Å²) in [6.07, 6.45) is 3.30. The van der Waals surface area contributed by atoms with Gasteiger partial charge in [-0.05, 0) is 50.9 Å². The Labute approximate surface area is 126 Å². The topological polar surface area (TPSA) is 47.6 Å². The zero-order chi connectivity index (χ0) is 15.3. The van der Waals surface area contributed by atoms with Crippen molar-refractivity contribution < 1.29 is 14.3 Å². The van der Waals surface area contributed by atoms with Crippen molar-refractivity contribution >= 4 is 5.97 Å². The highest BCUT2D eigenvalue weighted by Gasteiger charge is 2.46. The van der Waals surface area contributed by atoms with Crippen LogP contribution in [0.3, 0.4) is 0 Å². The van der Waals surface area contributed by atoms with Crippen LogP contribution < -0.4 is 10.1 Å². The number of esters is 1. The lowest BCUT2D eigenvalue weighted by Crippen LogP contribution is -2.49. The highest BCUT2D eigenvalue weighted by atomic mass is 16.5. The number of ether oxygens (including phenoxy) is 2. The van der Waals surface area contributed by atoms with Crippen molar-refractivity contribution in [2.75, 3.05) is 13.7 Å². The number of hydrogen-bond acceptors (Lipinski definition) is 4. The van der Waals surface area contributed by atoms with Gasteiger partial charge in [0, 0.05) is 6.42 Å². The molecule has 0 spiro atoms. The first kappa shape index (κ1) is 15.8. The first-order valence-corrected chi connectivity index (χ1v) is 7.75. The lowest BCUT2D eigenvalue weighted by Gasteiger charge is -2.26. The predicted molar refractivity (Wildman–Crippen MR) is 82.5 cm³/mol. The quantitative estimate of drug-likeness (QED) is 0.819. The molecule has 1 fully saturated rings. The Balaban J connectivity index is 2.02. The maximum Gasteiger partial charge on any atom is 0.326 e. The van der Waals surface area contributed by atoms with Gasteiger partial charge in [-0.3, -0.25) is 4.79 Å². The SMILES string of the molecule is CCOC(=O)C1(NC)CCC(Oc2cccc(CC)c2)C1. The van der Waals surface area contributed by atoms with Crippen molar-refractivity contribution in [2.45, 2.75) is 51.2 Å². The molecule has 1 saturated carbocycles. The highest BCUT2D eigenvalue weighted by molar-refractivity contribution is 5.81. The minimum absolute atomic E-state index is 0.0500. The summed E-state index contributed by atoms with van der Waals surface area (Å²) in [6, 6.07) is 8.16. The van der Waals surface area contributed by atoms with Crippen LogP contribution in [0.2, 0.25) is 0 Å². The van der Waals surface area contributed by atoms with Gasteiger partial charge in [0.05, 0.1) is 6.61 Å². The molecule has 1 aliphatic carbocycles. The second-order valence-corrected chi connectivity index (χ2v) is 5.54. The van der Waals surface area contributed by atoms with Gasteiger partial charge in [0.15, 0.2) is 0 Å². The van der Waals surface area contributed by atoms with Crippen molar-refractivity contribution in [3.05, 3.63) is 29.8 Å². The third-order valence-corrected chi connectivity index (χ3v) is 4.22. The molecule has 1 aromatic carbocycles. The van der Waals surface area contributed by atoms with E-state index in [-0.39, 0.29) is 12.1 Å². The van der Waals surface area contributed by atoms with Gasteiger partial charge in [-0.15, -0.1) is 0 Å². The van der Waals surface area contributed by atoms with Crippen molar-refractivity contribution in [2.24, 2.45) is 0 Å². The normalized spacial score (nSPS) is 24.8. The minimum atomic E-state index is -0.594. The summed E-state index contributed by atoms with van der Waals surface area (Å²) in [7, 11) is 1.82. The van der Waals surface area contributed by atoms with Crippen LogP contribution in [-0.4, -0.2) is 31.3 Å². The number of aryl methyl sites for hydroxylation is 1. The minimum Gasteiger partial charge on any atom is -0.490 e. The van der Waals surface area contributed by atoms with E-state index in [9.17, 15) is 4.79 Å². The summed E-state index contributed by atoms with van der Waals surface area (Å²) in [5, 5.41) is 3.15. The Bertz CT molecular complexity index is 489. The van der Waals surface area contributed by atoms with E-state index in [1.54, 1.807) is 0 Å². The Hall–Kier alpha value is -1.55. The maximum absolute atomic E-state index is 12.2. The lowest BCUT2D eigenvalue weighted by atomic mass is 9.98. The third-order valence-electron chi connectivity index (χ3n) is 4.22. The first-order chi connectivity index (χ1) is 10.1. The molecule has 1 aliphatic rings. The van der Waals surface area contributed by atoms with Gasteiger partial charge in [0.25, 0.3) is 0 Å². The Kier molecular flexibility index (Phi) is 5.23. The molecule has 4 heteroatoms.